The molecule has 2 atom stereocenters. The molecule has 0 aromatic heterocycles. The van der Waals surface area contributed by atoms with Gasteiger partial charge in [-0.15, -0.1) is 0 Å². The molecule has 15 heavy (non-hydrogen) atoms. The van der Waals surface area contributed by atoms with Crippen molar-refractivity contribution in [3.8, 4) is 0 Å². The van der Waals surface area contributed by atoms with Crippen LogP contribution < -0.4 is 5.73 Å². The molecule has 1 aromatic rings. The van der Waals surface area contributed by atoms with Crippen molar-refractivity contribution < 1.29 is 4.21 Å². The van der Waals surface area contributed by atoms with Gasteiger partial charge in [0.25, 0.3) is 0 Å². The lowest BCUT2D eigenvalue weighted by atomic mass is 10.0. The zero-order valence-corrected chi connectivity index (χ0v) is 10.0. The number of hydrogen-bond donors (Lipinski definition) is 1. The molecule has 0 aliphatic rings. The van der Waals surface area contributed by atoms with Gasteiger partial charge in [-0.2, -0.15) is 0 Å². The fraction of sp³-hybridized carbons (Fsp3) is 0.500. The average Bonchev–Trinajstić information content (AvgIpc) is 2.27. The first-order valence-corrected chi connectivity index (χ1v) is 6.86. The summed E-state index contributed by atoms with van der Waals surface area (Å²) in [5, 5.41) is 0. The van der Waals surface area contributed by atoms with Crippen LogP contribution in [0, 0.1) is 0 Å². The molecule has 0 amide bonds. The monoisotopic (exact) mass is 225 g/mol. The van der Waals surface area contributed by atoms with Gasteiger partial charge in [-0.25, -0.2) is 0 Å². The summed E-state index contributed by atoms with van der Waals surface area (Å²) in [6.07, 6.45) is 0.971. The smallest absolute Gasteiger partial charge is 0.0315 e. The molecule has 2 unspecified atom stereocenters. The molecule has 2 N–H and O–H groups in total. The van der Waals surface area contributed by atoms with Crippen molar-refractivity contribution in [3.05, 3.63) is 35.9 Å². The van der Waals surface area contributed by atoms with Crippen LogP contribution in [0.5, 0.6) is 0 Å². The summed E-state index contributed by atoms with van der Waals surface area (Å²) in [7, 11) is -0.730. The summed E-state index contributed by atoms with van der Waals surface area (Å²) in [5.41, 5.74) is 6.91. The van der Waals surface area contributed by atoms with Crippen LogP contribution in [0.15, 0.2) is 30.3 Å². The van der Waals surface area contributed by atoms with Gasteiger partial charge in [-0.3, -0.25) is 4.21 Å². The third kappa shape index (κ3) is 4.14. The Kier molecular flexibility index (Phi) is 5.58. The molecular formula is C12H19NOS. The minimum Gasteiger partial charge on any atom is -0.330 e. The molecule has 3 heteroatoms. The van der Waals surface area contributed by atoms with E-state index < -0.39 is 10.8 Å². The maximum absolute atomic E-state index is 11.6. The molecule has 0 bridgehead atoms. The van der Waals surface area contributed by atoms with Crippen LogP contribution in [0.3, 0.4) is 0 Å². The Morgan fingerprint density at radius 1 is 1.33 bits per heavy atom. The van der Waals surface area contributed by atoms with Crippen molar-refractivity contribution in [1.29, 1.82) is 0 Å². The van der Waals surface area contributed by atoms with Gasteiger partial charge < -0.3 is 5.73 Å². The number of hydrogen-bond acceptors (Lipinski definition) is 2. The van der Waals surface area contributed by atoms with E-state index in [4.69, 9.17) is 5.73 Å². The van der Waals surface area contributed by atoms with Gasteiger partial charge in [0.05, 0.1) is 0 Å². The summed E-state index contributed by atoms with van der Waals surface area (Å²) >= 11 is 0. The molecule has 1 aromatic carbocycles. The minimum atomic E-state index is -0.730. The Morgan fingerprint density at radius 2 is 2.00 bits per heavy atom. The first-order chi connectivity index (χ1) is 7.27. The van der Waals surface area contributed by atoms with E-state index >= 15 is 0 Å². The molecule has 1 rings (SSSR count). The lowest BCUT2D eigenvalue weighted by Gasteiger charge is -2.14. The highest BCUT2D eigenvalue weighted by molar-refractivity contribution is 7.85. The van der Waals surface area contributed by atoms with Gasteiger partial charge in [0.1, 0.15) is 0 Å². The molecule has 0 saturated heterocycles. The van der Waals surface area contributed by atoms with Crippen LogP contribution in [-0.4, -0.2) is 22.3 Å². The van der Waals surface area contributed by atoms with Crippen LogP contribution in [-0.2, 0) is 10.8 Å². The van der Waals surface area contributed by atoms with Gasteiger partial charge in [-0.1, -0.05) is 37.3 Å². The highest BCUT2D eigenvalue weighted by Crippen LogP contribution is 2.15. The number of benzene rings is 1. The van der Waals surface area contributed by atoms with Crippen molar-refractivity contribution in [2.24, 2.45) is 5.73 Å². The van der Waals surface area contributed by atoms with Crippen molar-refractivity contribution in [2.75, 3.05) is 18.1 Å². The Morgan fingerprint density at radius 3 is 2.53 bits per heavy atom. The topological polar surface area (TPSA) is 43.1 Å². The van der Waals surface area contributed by atoms with E-state index in [2.05, 4.69) is 19.1 Å². The molecule has 84 valence electrons. The summed E-state index contributed by atoms with van der Waals surface area (Å²) in [4.78, 5) is 0. The Bertz CT molecular complexity index is 300. The average molecular weight is 225 g/mol. The second-order valence-corrected chi connectivity index (χ2v) is 5.28. The van der Waals surface area contributed by atoms with E-state index in [1.54, 1.807) is 0 Å². The first kappa shape index (κ1) is 12.4. The van der Waals surface area contributed by atoms with Crippen molar-refractivity contribution in [1.82, 2.24) is 0 Å². The fourth-order valence-electron chi connectivity index (χ4n) is 1.56. The van der Waals surface area contributed by atoms with Gasteiger partial charge in [0, 0.05) is 34.8 Å². The Hall–Kier alpha value is -0.670. The maximum Gasteiger partial charge on any atom is 0.0315 e. The van der Waals surface area contributed by atoms with E-state index in [0.717, 1.165) is 12.2 Å². The quantitative estimate of drug-likeness (QED) is 0.803. The van der Waals surface area contributed by atoms with Crippen molar-refractivity contribution in [2.45, 2.75) is 19.3 Å². The highest BCUT2D eigenvalue weighted by atomic mass is 32.2. The standard InChI is InChI=1S/C12H19NOS/c1-2-8-15(14)10-12(9-13)11-6-4-3-5-7-11/h3-7,12H,2,8-10,13H2,1H3. The Labute approximate surface area is 94.3 Å². The third-order valence-electron chi connectivity index (χ3n) is 2.37. The molecule has 0 spiro atoms. The summed E-state index contributed by atoms with van der Waals surface area (Å²) in [6.45, 7) is 2.62. The van der Waals surface area contributed by atoms with Crippen LogP contribution in [0.2, 0.25) is 0 Å². The van der Waals surface area contributed by atoms with E-state index in [1.807, 2.05) is 18.2 Å². The van der Waals surface area contributed by atoms with Crippen LogP contribution in [0.4, 0.5) is 0 Å². The first-order valence-electron chi connectivity index (χ1n) is 5.38. The van der Waals surface area contributed by atoms with Crippen molar-refractivity contribution >= 4 is 10.8 Å². The van der Waals surface area contributed by atoms with Crippen LogP contribution >= 0.6 is 0 Å². The molecule has 0 heterocycles. The Balaban J connectivity index is 2.61. The van der Waals surface area contributed by atoms with Gasteiger partial charge in [0.2, 0.25) is 0 Å². The van der Waals surface area contributed by atoms with Crippen LogP contribution in [0.25, 0.3) is 0 Å². The second-order valence-electron chi connectivity index (χ2n) is 3.65. The number of nitrogens with two attached hydrogens (primary N) is 1. The third-order valence-corrected chi connectivity index (χ3v) is 4.01. The summed E-state index contributed by atoms with van der Waals surface area (Å²) in [5.74, 6) is 1.70. The summed E-state index contributed by atoms with van der Waals surface area (Å²) < 4.78 is 11.6. The molecule has 0 aliphatic heterocycles. The van der Waals surface area contributed by atoms with Crippen molar-refractivity contribution in [3.63, 3.8) is 0 Å². The molecular weight excluding hydrogens is 206 g/mol. The SMILES string of the molecule is CCCS(=O)CC(CN)c1ccccc1. The predicted molar refractivity (Wildman–Crippen MR) is 66.4 cm³/mol. The van der Waals surface area contributed by atoms with E-state index in [0.29, 0.717) is 12.3 Å². The summed E-state index contributed by atoms with van der Waals surface area (Å²) in [6, 6.07) is 10.1. The predicted octanol–water partition coefficient (Wildman–Crippen LogP) is 1.89. The maximum atomic E-state index is 11.6. The molecule has 2 nitrogen and oxygen atoms in total. The zero-order chi connectivity index (χ0) is 11.1. The largest absolute Gasteiger partial charge is 0.330 e. The van der Waals surface area contributed by atoms with Gasteiger partial charge in [-0.05, 0) is 12.0 Å². The number of rotatable bonds is 6. The van der Waals surface area contributed by atoms with E-state index in [-0.39, 0.29) is 5.92 Å². The normalized spacial score (nSPS) is 14.8. The van der Waals surface area contributed by atoms with E-state index in [9.17, 15) is 4.21 Å². The zero-order valence-electron chi connectivity index (χ0n) is 9.19. The van der Waals surface area contributed by atoms with Crippen LogP contribution in [0.1, 0.15) is 24.8 Å². The molecule has 0 aliphatic carbocycles. The molecule has 0 radical (unpaired) electrons. The van der Waals surface area contributed by atoms with Gasteiger partial charge >= 0.3 is 0 Å². The molecule has 0 fully saturated rings. The lowest BCUT2D eigenvalue weighted by Crippen LogP contribution is -2.20. The van der Waals surface area contributed by atoms with E-state index in [1.165, 1.54) is 5.56 Å². The minimum absolute atomic E-state index is 0.235. The van der Waals surface area contributed by atoms with Gasteiger partial charge in [0.15, 0.2) is 0 Å². The fourth-order valence-corrected chi connectivity index (χ4v) is 2.96. The highest BCUT2D eigenvalue weighted by Gasteiger charge is 2.12. The molecule has 0 saturated carbocycles. The lowest BCUT2D eigenvalue weighted by molar-refractivity contribution is 0.671. The second kappa shape index (κ2) is 6.75.